The molecule has 0 aromatic heterocycles. The molecule has 0 amide bonds. The summed E-state index contributed by atoms with van der Waals surface area (Å²) in [5.74, 6) is -2.07. The van der Waals surface area contributed by atoms with E-state index in [0.29, 0.717) is 23.6 Å². The molecular weight excluding hydrogens is 343 g/mol. The summed E-state index contributed by atoms with van der Waals surface area (Å²) < 4.78 is 76.1. The zero-order valence-electron chi connectivity index (χ0n) is 13.3. The Morgan fingerprint density at radius 1 is 0.920 bits per heavy atom. The van der Waals surface area contributed by atoms with E-state index in [1.165, 1.54) is 0 Å². The molecule has 1 heterocycles. The van der Waals surface area contributed by atoms with E-state index in [-0.39, 0.29) is 18.4 Å². The molecule has 0 N–H and O–H groups in total. The SMILES string of the molecule is CCc1ccc2c(c1)OC(CCc1cc(F)c(C(F)(F)F)c(F)c1)O2. The molecule has 0 aliphatic carbocycles. The fraction of sp³-hybridized carbons (Fsp3) is 0.333. The Bertz CT molecular complexity index is 763. The van der Waals surface area contributed by atoms with Crippen LogP contribution < -0.4 is 9.47 Å². The summed E-state index contributed by atoms with van der Waals surface area (Å²) in [5.41, 5.74) is -0.681. The smallest absolute Gasteiger partial charge is 0.422 e. The normalized spacial score (nSPS) is 16.3. The van der Waals surface area contributed by atoms with Crippen molar-refractivity contribution < 1.29 is 31.4 Å². The number of benzene rings is 2. The summed E-state index contributed by atoms with van der Waals surface area (Å²) in [7, 11) is 0. The number of alkyl halides is 3. The average Bonchev–Trinajstić information content (AvgIpc) is 2.92. The van der Waals surface area contributed by atoms with Crippen LogP contribution in [0.3, 0.4) is 0 Å². The van der Waals surface area contributed by atoms with Crippen LogP contribution >= 0.6 is 0 Å². The maximum absolute atomic E-state index is 13.6. The van der Waals surface area contributed by atoms with Gasteiger partial charge in [-0.2, -0.15) is 13.2 Å². The third-order valence-corrected chi connectivity index (χ3v) is 3.99. The average molecular weight is 358 g/mol. The number of rotatable bonds is 4. The highest BCUT2D eigenvalue weighted by atomic mass is 19.4. The van der Waals surface area contributed by atoms with Crippen molar-refractivity contribution in [1.29, 1.82) is 0 Å². The molecule has 0 fully saturated rings. The minimum atomic E-state index is -5.07. The molecule has 1 aliphatic heterocycles. The predicted octanol–water partition coefficient (Wildman–Crippen LogP) is 5.28. The summed E-state index contributed by atoms with van der Waals surface area (Å²) in [5, 5.41) is 0. The van der Waals surface area contributed by atoms with Gasteiger partial charge in [-0.05, 0) is 48.2 Å². The van der Waals surface area contributed by atoms with E-state index >= 15 is 0 Å². The Morgan fingerprint density at radius 3 is 2.16 bits per heavy atom. The molecule has 2 aromatic rings. The van der Waals surface area contributed by atoms with Gasteiger partial charge in [-0.15, -0.1) is 0 Å². The molecule has 0 spiro atoms. The quantitative estimate of drug-likeness (QED) is 0.693. The Hall–Kier alpha value is -2.31. The highest BCUT2D eigenvalue weighted by Gasteiger charge is 2.38. The number of aryl methyl sites for hydroxylation is 2. The molecule has 2 aromatic carbocycles. The topological polar surface area (TPSA) is 18.5 Å². The minimum Gasteiger partial charge on any atom is -0.451 e. The van der Waals surface area contributed by atoms with Crippen LogP contribution in [0.5, 0.6) is 11.5 Å². The molecule has 2 nitrogen and oxygen atoms in total. The minimum absolute atomic E-state index is 0.111. The van der Waals surface area contributed by atoms with Gasteiger partial charge in [0, 0.05) is 6.42 Å². The highest BCUT2D eigenvalue weighted by molar-refractivity contribution is 5.45. The van der Waals surface area contributed by atoms with E-state index in [1.807, 2.05) is 19.1 Å². The van der Waals surface area contributed by atoms with Gasteiger partial charge in [-0.1, -0.05) is 13.0 Å². The van der Waals surface area contributed by atoms with Gasteiger partial charge in [0.2, 0.25) is 6.29 Å². The highest BCUT2D eigenvalue weighted by Crippen LogP contribution is 2.37. The van der Waals surface area contributed by atoms with E-state index in [0.717, 1.165) is 12.0 Å². The van der Waals surface area contributed by atoms with Gasteiger partial charge in [0.05, 0.1) is 0 Å². The maximum Gasteiger partial charge on any atom is 0.422 e. The molecule has 0 bridgehead atoms. The largest absolute Gasteiger partial charge is 0.451 e. The van der Waals surface area contributed by atoms with Gasteiger partial charge in [0.1, 0.15) is 17.2 Å². The predicted molar refractivity (Wildman–Crippen MR) is 80.5 cm³/mol. The first-order valence-electron chi connectivity index (χ1n) is 7.79. The van der Waals surface area contributed by atoms with E-state index in [4.69, 9.17) is 9.47 Å². The van der Waals surface area contributed by atoms with E-state index in [1.54, 1.807) is 6.07 Å². The van der Waals surface area contributed by atoms with Gasteiger partial charge in [0.25, 0.3) is 0 Å². The van der Waals surface area contributed by atoms with E-state index in [9.17, 15) is 22.0 Å². The van der Waals surface area contributed by atoms with Crippen LogP contribution in [0.25, 0.3) is 0 Å². The van der Waals surface area contributed by atoms with Crippen molar-refractivity contribution in [3.63, 3.8) is 0 Å². The number of halogens is 5. The first-order valence-corrected chi connectivity index (χ1v) is 7.79. The Morgan fingerprint density at radius 2 is 1.56 bits per heavy atom. The molecule has 3 rings (SSSR count). The van der Waals surface area contributed by atoms with Crippen LogP contribution in [-0.4, -0.2) is 6.29 Å². The van der Waals surface area contributed by atoms with Crippen molar-refractivity contribution in [2.45, 2.75) is 38.7 Å². The van der Waals surface area contributed by atoms with Crippen molar-refractivity contribution in [3.8, 4) is 11.5 Å². The Labute approximate surface area is 141 Å². The fourth-order valence-corrected chi connectivity index (χ4v) is 2.71. The second-order valence-electron chi connectivity index (χ2n) is 5.77. The Kier molecular flexibility index (Phi) is 4.58. The van der Waals surface area contributed by atoms with Crippen LogP contribution in [0.15, 0.2) is 30.3 Å². The van der Waals surface area contributed by atoms with Gasteiger partial charge < -0.3 is 9.47 Å². The van der Waals surface area contributed by atoms with Crippen LogP contribution in [0, 0.1) is 11.6 Å². The number of hydrogen-bond donors (Lipinski definition) is 0. The molecule has 0 saturated carbocycles. The maximum atomic E-state index is 13.6. The molecule has 0 radical (unpaired) electrons. The van der Waals surface area contributed by atoms with Crippen molar-refractivity contribution in [2.24, 2.45) is 0 Å². The van der Waals surface area contributed by atoms with E-state index in [2.05, 4.69) is 0 Å². The van der Waals surface area contributed by atoms with Crippen molar-refractivity contribution >= 4 is 0 Å². The molecule has 1 unspecified atom stereocenters. The van der Waals surface area contributed by atoms with Gasteiger partial charge in [0.15, 0.2) is 11.5 Å². The molecule has 134 valence electrons. The lowest BCUT2D eigenvalue weighted by Gasteiger charge is -2.13. The van der Waals surface area contributed by atoms with Crippen molar-refractivity contribution in [3.05, 3.63) is 58.7 Å². The first kappa shape index (κ1) is 17.5. The molecule has 0 saturated heterocycles. The van der Waals surface area contributed by atoms with Crippen LogP contribution in [0.1, 0.15) is 30.0 Å². The van der Waals surface area contributed by atoms with Crippen LogP contribution in [0.4, 0.5) is 22.0 Å². The zero-order chi connectivity index (χ0) is 18.2. The van der Waals surface area contributed by atoms with Crippen molar-refractivity contribution in [1.82, 2.24) is 0 Å². The van der Waals surface area contributed by atoms with Gasteiger partial charge >= 0.3 is 6.18 Å². The zero-order valence-corrected chi connectivity index (χ0v) is 13.3. The summed E-state index contributed by atoms with van der Waals surface area (Å²) >= 11 is 0. The number of hydrogen-bond acceptors (Lipinski definition) is 2. The summed E-state index contributed by atoms with van der Waals surface area (Å²) in [6.45, 7) is 2.00. The molecule has 7 heteroatoms. The summed E-state index contributed by atoms with van der Waals surface area (Å²) in [6, 6.07) is 6.94. The molecule has 25 heavy (non-hydrogen) atoms. The third kappa shape index (κ3) is 3.70. The second-order valence-corrected chi connectivity index (χ2v) is 5.77. The molecule has 1 atom stereocenters. The summed E-state index contributed by atoms with van der Waals surface area (Å²) in [4.78, 5) is 0. The lowest BCUT2D eigenvalue weighted by molar-refractivity contribution is -0.142. The standard InChI is InChI=1S/C18H15F5O2/c1-2-10-3-5-14-15(9-10)25-16(24-14)6-4-11-7-12(19)17(13(20)8-11)18(21,22)23/h3,5,7-9,16H,2,4,6H2,1H3. The third-order valence-electron chi connectivity index (χ3n) is 3.99. The first-order chi connectivity index (χ1) is 11.8. The van der Waals surface area contributed by atoms with E-state index < -0.39 is 29.7 Å². The monoisotopic (exact) mass is 358 g/mol. The fourth-order valence-electron chi connectivity index (χ4n) is 2.71. The van der Waals surface area contributed by atoms with Gasteiger partial charge in [-0.25, -0.2) is 8.78 Å². The Balaban J connectivity index is 1.67. The van der Waals surface area contributed by atoms with Gasteiger partial charge in [-0.3, -0.25) is 0 Å². The number of fused-ring (bicyclic) bond motifs is 1. The van der Waals surface area contributed by atoms with Crippen molar-refractivity contribution in [2.75, 3.05) is 0 Å². The van der Waals surface area contributed by atoms with Crippen LogP contribution in [0.2, 0.25) is 0 Å². The second kappa shape index (κ2) is 6.54. The molecular formula is C18H15F5O2. The lowest BCUT2D eigenvalue weighted by atomic mass is 10.1. The summed E-state index contributed by atoms with van der Waals surface area (Å²) in [6.07, 6.45) is -4.50. The lowest BCUT2D eigenvalue weighted by Crippen LogP contribution is -2.19. The molecule has 1 aliphatic rings. The van der Waals surface area contributed by atoms with Crippen LogP contribution in [-0.2, 0) is 19.0 Å². The number of ether oxygens (including phenoxy) is 2.